The molecule has 0 saturated carbocycles. The van der Waals surface area contributed by atoms with Crippen molar-refractivity contribution in [1.29, 1.82) is 0 Å². The lowest BCUT2D eigenvalue weighted by molar-refractivity contribution is 0.0746. The van der Waals surface area contributed by atoms with Crippen LogP contribution in [0.2, 0.25) is 0 Å². The molecule has 3 aromatic rings. The van der Waals surface area contributed by atoms with E-state index in [4.69, 9.17) is 21.7 Å². The van der Waals surface area contributed by atoms with Crippen LogP contribution in [-0.2, 0) is 0 Å². The minimum absolute atomic E-state index is 0.0307. The Morgan fingerprint density at radius 3 is 2.05 bits per heavy atom. The molecule has 0 spiro atoms. The molecule has 38 heavy (non-hydrogen) atoms. The Kier molecular flexibility index (Phi) is 9.16. The highest BCUT2D eigenvalue weighted by Crippen LogP contribution is 2.21. The van der Waals surface area contributed by atoms with Crippen LogP contribution in [0.15, 0.2) is 72.8 Å². The number of ether oxygens (including phenoxy) is 2. The minimum atomic E-state index is -0.289. The van der Waals surface area contributed by atoms with Crippen molar-refractivity contribution >= 4 is 40.5 Å². The summed E-state index contributed by atoms with van der Waals surface area (Å²) in [5.74, 6) is 1.20. The topological polar surface area (TPSA) is 83.1 Å². The minimum Gasteiger partial charge on any atom is -0.497 e. The second kappa shape index (κ2) is 12.9. The third kappa shape index (κ3) is 7.01. The highest BCUT2D eigenvalue weighted by atomic mass is 32.1. The van der Waals surface area contributed by atoms with Crippen molar-refractivity contribution in [3.05, 3.63) is 83.9 Å². The molecule has 0 atom stereocenters. The van der Waals surface area contributed by atoms with E-state index in [1.807, 2.05) is 36.1 Å². The molecule has 0 aromatic heterocycles. The van der Waals surface area contributed by atoms with E-state index < -0.39 is 0 Å². The molecule has 2 amide bonds. The van der Waals surface area contributed by atoms with Crippen LogP contribution in [0, 0.1) is 0 Å². The summed E-state index contributed by atoms with van der Waals surface area (Å²) < 4.78 is 10.7. The molecule has 1 saturated heterocycles. The van der Waals surface area contributed by atoms with Crippen LogP contribution in [0.4, 0.5) is 11.4 Å². The Morgan fingerprint density at radius 1 is 0.842 bits per heavy atom. The van der Waals surface area contributed by atoms with Gasteiger partial charge in [0.05, 0.1) is 13.7 Å². The van der Waals surface area contributed by atoms with Gasteiger partial charge in [-0.15, -0.1) is 0 Å². The fourth-order valence-electron chi connectivity index (χ4n) is 4.10. The molecule has 1 fully saturated rings. The first-order chi connectivity index (χ1) is 18.5. The lowest BCUT2D eigenvalue weighted by Gasteiger charge is -2.36. The average Bonchev–Trinajstić information content (AvgIpc) is 2.96. The number of hydrogen-bond donors (Lipinski definition) is 2. The van der Waals surface area contributed by atoms with E-state index in [-0.39, 0.29) is 16.9 Å². The van der Waals surface area contributed by atoms with Gasteiger partial charge in [-0.3, -0.25) is 14.9 Å². The molecule has 0 bridgehead atoms. The SMILES string of the molecule is CCCOc1ccc(C(=O)NC(=S)Nc2ccc(N3CCN(C(=O)c4ccc(OC)cc4)CC3)cc2)cc1. The maximum Gasteiger partial charge on any atom is 0.257 e. The van der Waals surface area contributed by atoms with Gasteiger partial charge in [-0.1, -0.05) is 6.92 Å². The van der Waals surface area contributed by atoms with Gasteiger partial charge >= 0.3 is 0 Å². The number of carbonyl (C=O) groups is 2. The van der Waals surface area contributed by atoms with E-state index in [0.717, 1.165) is 42.4 Å². The number of carbonyl (C=O) groups excluding carboxylic acids is 2. The Labute approximate surface area is 228 Å². The second-order valence-electron chi connectivity index (χ2n) is 8.84. The molecule has 1 heterocycles. The van der Waals surface area contributed by atoms with E-state index in [1.165, 1.54) is 0 Å². The molecule has 0 radical (unpaired) electrons. The van der Waals surface area contributed by atoms with Crippen molar-refractivity contribution in [2.75, 3.05) is 50.1 Å². The first kappa shape index (κ1) is 26.9. The van der Waals surface area contributed by atoms with Gasteiger partial charge in [0.1, 0.15) is 11.5 Å². The second-order valence-corrected chi connectivity index (χ2v) is 9.24. The van der Waals surface area contributed by atoms with Gasteiger partial charge in [0.15, 0.2) is 5.11 Å². The average molecular weight is 533 g/mol. The van der Waals surface area contributed by atoms with Gasteiger partial charge in [0.25, 0.3) is 11.8 Å². The van der Waals surface area contributed by atoms with Crippen LogP contribution in [0.3, 0.4) is 0 Å². The van der Waals surface area contributed by atoms with Crippen LogP contribution in [0.25, 0.3) is 0 Å². The monoisotopic (exact) mass is 532 g/mol. The molecule has 3 aromatic carbocycles. The van der Waals surface area contributed by atoms with Gasteiger partial charge in [0, 0.05) is 48.7 Å². The largest absolute Gasteiger partial charge is 0.497 e. The maximum atomic E-state index is 12.8. The summed E-state index contributed by atoms with van der Waals surface area (Å²) in [6.07, 6.45) is 0.923. The Morgan fingerprint density at radius 2 is 1.45 bits per heavy atom. The van der Waals surface area contributed by atoms with E-state index in [0.29, 0.717) is 30.8 Å². The summed E-state index contributed by atoms with van der Waals surface area (Å²) in [5, 5.41) is 5.98. The van der Waals surface area contributed by atoms with Gasteiger partial charge in [-0.2, -0.15) is 0 Å². The van der Waals surface area contributed by atoms with E-state index in [2.05, 4.69) is 15.5 Å². The molecule has 8 nitrogen and oxygen atoms in total. The first-order valence-electron chi connectivity index (χ1n) is 12.6. The fourth-order valence-corrected chi connectivity index (χ4v) is 4.31. The van der Waals surface area contributed by atoms with Crippen molar-refractivity contribution in [3.8, 4) is 11.5 Å². The Hall–Kier alpha value is -4.11. The zero-order chi connectivity index (χ0) is 26.9. The number of benzene rings is 3. The number of anilines is 2. The molecule has 1 aliphatic heterocycles. The smallest absolute Gasteiger partial charge is 0.257 e. The summed E-state index contributed by atoms with van der Waals surface area (Å²) >= 11 is 5.32. The summed E-state index contributed by atoms with van der Waals surface area (Å²) in [5.41, 5.74) is 3.00. The first-order valence-corrected chi connectivity index (χ1v) is 13.0. The number of methoxy groups -OCH3 is 1. The van der Waals surface area contributed by atoms with Gasteiger partial charge in [-0.05, 0) is 91.4 Å². The van der Waals surface area contributed by atoms with E-state index in [9.17, 15) is 9.59 Å². The number of thiocarbonyl (C=S) groups is 1. The quantitative estimate of drug-likeness (QED) is 0.411. The summed E-state index contributed by atoms with van der Waals surface area (Å²) in [6.45, 7) is 5.45. The van der Waals surface area contributed by atoms with Crippen LogP contribution in [0.1, 0.15) is 34.1 Å². The molecule has 2 N–H and O–H groups in total. The summed E-state index contributed by atoms with van der Waals surface area (Å²) in [6, 6.07) is 22.0. The predicted octanol–water partition coefficient (Wildman–Crippen LogP) is 4.57. The van der Waals surface area contributed by atoms with E-state index in [1.54, 1.807) is 55.6 Å². The normalized spacial score (nSPS) is 13.0. The van der Waals surface area contributed by atoms with Crippen molar-refractivity contribution in [1.82, 2.24) is 10.2 Å². The Bertz CT molecular complexity index is 1240. The lowest BCUT2D eigenvalue weighted by Crippen LogP contribution is -2.48. The maximum absolute atomic E-state index is 12.8. The third-order valence-electron chi connectivity index (χ3n) is 6.21. The molecule has 1 aliphatic rings. The Balaban J connectivity index is 1.24. The molecule has 198 valence electrons. The molecule has 0 aliphatic carbocycles. The number of amides is 2. The number of hydrogen-bond acceptors (Lipinski definition) is 6. The number of nitrogens with zero attached hydrogens (tertiary/aromatic N) is 2. The molecular formula is C29H32N4O4S. The predicted molar refractivity (Wildman–Crippen MR) is 153 cm³/mol. The van der Waals surface area contributed by atoms with Crippen molar-refractivity contribution in [2.24, 2.45) is 0 Å². The van der Waals surface area contributed by atoms with Crippen molar-refractivity contribution in [2.45, 2.75) is 13.3 Å². The number of rotatable bonds is 8. The molecule has 9 heteroatoms. The number of nitrogens with one attached hydrogen (secondary N) is 2. The van der Waals surface area contributed by atoms with Crippen LogP contribution in [-0.4, -0.2) is 61.7 Å². The van der Waals surface area contributed by atoms with Gasteiger partial charge in [-0.25, -0.2) is 0 Å². The highest BCUT2D eigenvalue weighted by molar-refractivity contribution is 7.80. The van der Waals surface area contributed by atoms with Gasteiger partial charge in [0.2, 0.25) is 0 Å². The van der Waals surface area contributed by atoms with Crippen LogP contribution in [0.5, 0.6) is 11.5 Å². The van der Waals surface area contributed by atoms with Gasteiger partial charge < -0.3 is 24.6 Å². The third-order valence-corrected chi connectivity index (χ3v) is 6.41. The summed E-state index contributed by atoms with van der Waals surface area (Å²) in [4.78, 5) is 29.4. The fraction of sp³-hybridized carbons (Fsp3) is 0.276. The standard InChI is InChI=1S/C29H32N4O4S/c1-3-20-37-26-14-4-21(5-15-26)27(34)31-29(38)30-23-8-10-24(11-9-23)32-16-18-33(19-17-32)28(35)22-6-12-25(36-2)13-7-22/h4-15H,3,16-20H2,1-2H3,(H2,30,31,34,38). The molecule has 0 unspecified atom stereocenters. The zero-order valence-electron chi connectivity index (χ0n) is 21.6. The lowest BCUT2D eigenvalue weighted by atomic mass is 10.1. The molecular weight excluding hydrogens is 500 g/mol. The molecule has 4 rings (SSSR count). The van der Waals surface area contributed by atoms with Crippen molar-refractivity contribution < 1.29 is 19.1 Å². The van der Waals surface area contributed by atoms with E-state index >= 15 is 0 Å². The number of piperazine rings is 1. The van der Waals surface area contributed by atoms with Crippen molar-refractivity contribution in [3.63, 3.8) is 0 Å². The zero-order valence-corrected chi connectivity index (χ0v) is 22.4. The summed E-state index contributed by atoms with van der Waals surface area (Å²) in [7, 11) is 1.61. The van der Waals surface area contributed by atoms with Crippen LogP contribution < -0.4 is 25.0 Å². The highest BCUT2D eigenvalue weighted by Gasteiger charge is 2.22. The van der Waals surface area contributed by atoms with Crippen LogP contribution >= 0.6 is 12.2 Å².